The molecule has 5 nitrogen and oxygen atoms in total. The Kier molecular flexibility index (Phi) is 4.46. The highest BCUT2D eigenvalue weighted by molar-refractivity contribution is 7.22. The highest BCUT2D eigenvalue weighted by Crippen LogP contribution is 2.32. The molecule has 1 aliphatic heterocycles. The number of aromatic nitrogens is 1. The van der Waals surface area contributed by atoms with Crippen molar-refractivity contribution in [1.82, 2.24) is 4.98 Å². The molecule has 26 heavy (non-hydrogen) atoms. The predicted octanol–water partition coefficient (Wildman–Crippen LogP) is 4.00. The zero-order valence-electron chi connectivity index (χ0n) is 14.0. The van der Waals surface area contributed by atoms with Crippen molar-refractivity contribution in [2.75, 3.05) is 23.3 Å². The van der Waals surface area contributed by atoms with Gasteiger partial charge in [0.15, 0.2) is 5.13 Å². The van der Waals surface area contributed by atoms with Crippen LogP contribution in [0, 0.1) is 11.7 Å². The molecule has 0 atom stereocenters. The summed E-state index contributed by atoms with van der Waals surface area (Å²) < 4.78 is 14.2. The standard InChI is InChI=1S/C19H18FN3O2S/c20-13-1-6-16-17(11-13)26-19(22-16)23-9-7-12(8-10-23)18(25)21-14-2-4-15(24)5-3-14/h1-6,11-12,24H,7-10H2,(H,21,25). The Morgan fingerprint density at radius 2 is 1.92 bits per heavy atom. The zero-order chi connectivity index (χ0) is 18.1. The Labute approximate surface area is 154 Å². The maximum Gasteiger partial charge on any atom is 0.227 e. The maximum atomic E-state index is 13.3. The van der Waals surface area contributed by atoms with Crippen LogP contribution in [0.15, 0.2) is 42.5 Å². The van der Waals surface area contributed by atoms with Crippen LogP contribution in [0.2, 0.25) is 0 Å². The van der Waals surface area contributed by atoms with Gasteiger partial charge in [0.25, 0.3) is 0 Å². The lowest BCUT2D eigenvalue weighted by Crippen LogP contribution is -2.38. The molecular formula is C19H18FN3O2S. The van der Waals surface area contributed by atoms with Crippen LogP contribution in [0.5, 0.6) is 5.75 Å². The molecule has 134 valence electrons. The summed E-state index contributed by atoms with van der Waals surface area (Å²) in [4.78, 5) is 19.2. The first-order chi connectivity index (χ1) is 12.6. The number of aromatic hydroxyl groups is 1. The van der Waals surface area contributed by atoms with Crippen molar-refractivity contribution in [1.29, 1.82) is 0 Å². The normalized spacial score (nSPS) is 15.3. The quantitative estimate of drug-likeness (QED) is 0.683. The first-order valence-corrected chi connectivity index (χ1v) is 9.31. The third kappa shape index (κ3) is 3.48. The second-order valence-electron chi connectivity index (χ2n) is 6.41. The number of halogens is 1. The largest absolute Gasteiger partial charge is 0.508 e. The van der Waals surface area contributed by atoms with Crippen molar-refractivity contribution in [2.24, 2.45) is 5.92 Å². The number of phenolic OH excluding ortho intramolecular Hbond substituents is 1. The molecule has 0 unspecified atom stereocenters. The fourth-order valence-electron chi connectivity index (χ4n) is 3.14. The molecular weight excluding hydrogens is 353 g/mol. The molecule has 0 saturated carbocycles. The van der Waals surface area contributed by atoms with E-state index >= 15 is 0 Å². The van der Waals surface area contributed by atoms with Gasteiger partial charge in [0, 0.05) is 24.7 Å². The lowest BCUT2D eigenvalue weighted by atomic mass is 9.96. The Bertz CT molecular complexity index is 934. The highest BCUT2D eigenvalue weighted by Gasteiger charge is 2.26. The minimum Gasteiger partial charge on any atom is -0.508 e. The number of anilines is 2. The molecule has 7 heteroatoms. The molecule has 3 aromatic rings. The van der Waals surface area contributed by atoms with E-state index in [9.17, 15) is 14.3 Å². The van der Waals surface area contributed by atoms with E-state index < -0.39 is 0 Å². The Morgan fingerprint density at radius 1 is 1.19 bits per heavy atom. The Balaban J connectivity index is 1.38. The molecule has 0 aliphatic carbocycles. The number of piperidine rings is 1. The van der Waals surface area contributed by atoms with Gasteiger partial charge < -0.3 is 15.3 Å². The van der Waals surface area contributed by atoms with Gasteiger partial charge in [-0.1, -0.05) is 11.3 Å². The van der Waals surface area contributed by atoms with Crippen molar-refractivity contribution >= 4 is 38.3 Å². The Morgan fingerprint density at radius 3 is 2.65 bits per heavy atom. The number of carbonyl (C=O) groups is 1. The van der Waals surface area contributed by atoms with E-state index in [1.807, 2.05) is 0 Å². The molecule has 1 aliphatic rings. The van der Waals surface area contributed by atoms with Gasteiger partial charge in [-0.15, -0.1) is 0 Å². The van der Waals surface area contributed by atoms with Gasteiger partial charge in [-0.25, -0.2) is 9.37 Å². The summed E-state index contributed by atoms with van der Waals surface area (Å²) in [5.74, 6) is -0.127. The Hall–Kier alpha value is -2.67. The van der Waals surface area contributed by atoms with E-state index in [2.05, 4.69) is 15.2 Å². The SMILES string of the molecule is O=C(Nc1ccc(O)cc1)C1CCN(c2nc3ccc(F)cc3s2)CC1. The van der Waals surface area contributed by atoms with Gasteiger partial charge >= 0.3 is 0 Å². The smallest absolute Gasteiger partial charge is 0.227 e. The second-order valence-corrected chi connectivity index (χ2v) is 7.42. The summed E-state index contributed by atoms with van der Waals surface area (Å²) in [5, 5.41) is 13.1. The molecule has 2 N–H and O–H groups in total. The number of phenols is 1. The number of hydrogen-bond acceptors (Lipinski definition) is 5. The van der Waals surface area contributed by atoms with Gasteiger partial charge in [-0.05, 0) is 55.3 Å². The topological polar surface area (TPSA) is 65.5 Å². The van der Waals surface area contributed by atoms with Crippen molar-refractivity contribution in [3.63, 3.8) is 0 Å². The first kappa shape index (κ1) is 16.8. The van der Waals surface area contributed by atoms with Crippen LogP contribution in [0.25, 0.3) is 10.2 Å². The lowest BCUT2D eigenvalue weighted by molar-refractivity contribution is -0.120. The predicted molar refractivity (Wildman–Crippen MR) is 101 cm³/mol. The average molecular weight is 371 g/mol. The van der Waals surface area contributed by atoms with Crippen LogP contribution in [0.3, 0.4) is 0 Å². The van der Waals surface area contributed by atoms with Crippen molar-refractivity contribution in [3.05, 3.63) is 48.3 Å². The molecule has 0 bridgehead atoms. The number of thiazole rings is 1. The highest BCUT2D eigenvalue weighted by atomic mass is 32.1. The number of amides is 1. The molecule has 2 aromatic carbocycles. The lowest BCUT2D eigenvalue weighted by Gasteiger charge is -2.31. The summed E-state index contributed by atoms with van der Waals surface area (Å²) in [7, 11) is 0. The second kappa shape index (κ2) is 6.92. The van der Waals surface area contributed by atoms with Crippen LogP contribution in [-0.2, 0) is 4.79 Å². The summed E-state index contributed by atoms with van der Waals surface area (Å²) in [6.07, 6.45) is 1.49. The molecule has 1 aromatic heterocycles. The third-order valence-corrected chi connectivity index (χ3v) is 5.69. The number of benzene rings is 2. The van der Waals surface area contributed by atoms with Gasteiger partial charge in [0.05, 0.1) is 10.2 Å². The molecule has 1 amide bonds. The van der Waals surface area contributed by atoms with Gasteiger partial charge in [0.2, 0.25) is 5.91 Å². The van der Waals surface area contributed by atoms with E-state index in [1.54, 1.807) is 30.3 Å². The summed E-state index contributed by atoms with van der Waals surface area (Å²) in [6, 6.07) is 11.1. The van der Waals surface area contributed by atoms with Gasteiger partial charge in [-0.2, -0.15) is 0 Å². The number of carbonyl (C=O) groups excluding carboxylic acids is 1. The van der Waals surface area contributed by atoms with Crippen LogP contribution in [0.1, 0.15) is 12.8 Å². The number of nitrogens with one attached hydrogen (secondary N) is 1. The third-order valence-electron chi connectivity index (χ3n) is 4.61. The molecule has 4 rings (SSSR count). The summed E-state index contributed by atoms with van der Waals surface area (Å²) in [6.45, 7) is 1.49. The number of nitrogens with zero attached hydrogens (tertiary/aromatic N) is 2. The van der Waals surface area contributed by atoms with E-state index in [1.165, 1.54) is 23.5 Å². The van der Waals surface area contributed by atoms with Crippen molar-refractivity contribution in [3.8, 4) is 5.75 Å². The average Bonchev–Trinajstić information content (AvgIpc) is 3.07. The minimum atomic E-state index is -0.252. The van der Waals surface area contributed by atoms with Gasteiger partial charge in [0.1, 0.15) is 11.6 Å². The van der Waals surface area contributed by atoms with Crippen LogP contribution >= 0.6 is 11.3 Å². The summed E-state index contributed by atoms with van der Waals surface area (Å²) in [5.41, 5.74) is 1.49. The van der Waals surface area contributed by atoms with Crippen molar-refractivity contribution < 1.29 is 14.3 Å². The van der Waals surface area contributed by atoms with E-state index in [0.717, 1.165) is 41.3 Å². The van der Waals surface area contributed by atoms with E-state index in [-0.39, 0.29) is 23.4 Å². The van der Waals surface area contributed by atoms with Gasteiger partial charge in [-0.3, -0.25) is 4.79 Å². The monoisotopic (exact) mass is 371 g/mol. The first-order valence-electron chi connectivity index (χ1n) is 8.49. The molecule has 1 saturated heterocycles. The fraction of sp³-hybridized carbons (Fsp3) is 0.263. The number of rotatable bonds is 3. The van der Waals surface area contributed by atoms with Crippen LogP contribution in [0.4, 0.5) is 15.2 Å². The van der Waals surface area contributed by atoms with E-state index in [4.69, 9.17) is 0 Å². The molecule has 2 heterocycles. The van der Waals surface area contributed by atoms with E-state index in [0.29, 0.717) is 5.69 Å². The summed E-state index contributed by atoms with van der Waals surface area (Å²) >= 11 is 1.48. The fourth-order valence-corrected chi connectivity index (χ4v) is 4.19. The van der Waals surface area contributed by atoms with Crippen LogP contribution in [-0.4, -0.2) is 29.1 Å². The minimum absolute atomic E-state index is 0.00158. The number of hydrogen-bond donors (Lipinski definition) is 2. The molecule has 0 spiro atoms. The van der Waals surface area contributed by atoms with Crippen molar-refractivity contribution in [2.45, 2.75) is 12.8 Å². The maximum absolute atomic E-state index is 13.3. The number of fused-ring (bicyclic) bond motifs is 1. The molecule has 1 fully saturated rings. The zero-order valence-corrected chi connectivity index (χ0v) is 14.8. The molecule has 0 radical (unpaired) electrons. The van der Waals surface area contributed by atoms with Crippen LogP contribution < -0.4 is 10.2 Å².